The number of rotatable bonds is 7. The smallest absolute Gasteiger partial charge is 0.224 e. The number of hydrogen-bond donors (Lipinski definition) is 2. The fourth-order valence-electron chi connectivity index (χ4n) is 2.64. The van der Waals surface area contributed by atoms with Gasteiger partial charge in [0.05, 0.1) is 6.54 Å². The van der Waals surface area contributed by atoms with E-state index < -0.39 is 0 Å². The Labute approximate surface area is 143 Å². The van der Waals surface area contributed by atoms with E-state index in [9.17, 15) is 4.79 Å². The molecule has 1 atom stereocenters. The van der Waals surface area contributed by atoms with Crippen molar-refractivity contribution in [3.63, 3.8) is 0 Å². The molecule has 0 bridgehead atoms. The summed E-state index contributed by atoms with van der Waals surface area (Å²) in [4.78, 5) is 20.0. The van der Waals surface area contributed by atoms with Gasteiger partial charge in [-0.2, -0.15) is 0 Å². The third kappa shape index (κ3) is 5.86. The Morgan fingerprint density at radius 3 is 2.83 bits per heavy atom. The predicted molar refractivity (Wildman–Crippen MR) is 97.1 cm³/mol. The Kier molecular flexibility index (Phi) is 7.39. The Morgan fingerprint density at radius 2 is 2.17 bits per heavy atom. The average molecular weight is 337 g/mol. The molecule has 0 aromatic carbocycles. The van der Waals surface area contributed by atoms with Gasteiger partial charge in [0.15, 0.2) is 5.96 Å². The molecule has 128 valence electrons. The van der Waals surface area contributed by atoms with E-state index in [1.807, 2.05) is 4.90 Å². The molecule has 1 saturated heterocycles. The monoisotopic (exact) mass is 336 g/mol. The molecule has 2 N–H and O–H groups in total. The molecule has 0 saturated carbocycles. The number of guanidine groups is 1. The second-order valence-electron chi connectivity index (χ2n) is 5.90. The zero-order valence-corrected chi connectivity index (χ0v) is 15.0. The fourth-order valence-corrected chi connectivity index (χ4v) is 3.42. The zero-order valence-electron chi connectivity index (χ0n) is 14.2. The second kappa shape index (κ2) is 9.55. The Hall–Kier alpha value is -1.56. The van der Waals surface area contributed by atoms with Crippen molar-refractivity contribution < 1.29 is 4.79 Å². The maximum Gasteiger partial charge on any atom is 0.224 e. The zero-order chi connectivity index (χ0) is 16.5. The highest BCUT2D eigenvalue weighted by Crippen LogP contribution is 2.20. The molecular formula is C17H28N4OS. The van der Waals surface area contributed by atoms with Crippen molar-refractivity contribution in [3.05, 3.63) is 22.4 Å². The highest BCUT2D eigenvalue weighted by molar-refractivity contribution is 7.10. The van der Waals surface area contributed by atoms with Crippen molar-refractivity contribution in [1.82, 2.24) is 15.5 Å². The highest BCUT2D eigenvalue weighted by atomic mass is 32.1. The summed E-state index contributed by atoms with van der Waals surface area (Å²) in [5, 5.41) is 8.61. The maximum atomic E-state index is 12.0. The molecule has 2 rings (SSSR count). The molecule has 1 aliphatic rings. The minimum atomic E-state index is 0.248. The molecule has 0 radical (unpaired) electrons. The minimum absolute atomic E-state index is 0.248. The van der Waals surface area contributed by atoms with E-state index in [4.69, 9.17) is 0 Å². The lowest BCUT2D eigenvalue weighted by molar-refractivity contribution is -0.129. The van der Waals surface area contributed by atoms with Gasteiger partial charge < -0.3 is 15.5 Å². The van der Waals surface area contributed by atoms with E-state index in [2.05, 4.69) is 47.0 Å². The number of amides is 1. The van der Waals surface area contributed by atoms with Crippen LogP contribution in [0.3, 0.4) is 0 Å². The van der Waals surface area contributed by atoms with Crippen LogP contribution in [0, 0.1) is 0 Å². The van der Waals surface area contributed by atoms with E-state index in [0.29, 0.717) is 18.9 Å². The van der Waals surface area contributed by atoms with Gasteiger partial charge in [-0.05, 0) is 31.2 Å². The molecule has 0 spiro atoms. The van der Waals surface area contributed by atoms with Crippen LogP contribution in [0.25, 0.3) is 0 Å². The maximum absolute atomic E-state index is 12.0. The van der Waals surface area contributed by atoms with Crippen LogP contribution in [0.1, 0.15) is 43.9 Å². The Morgan fingerprint density at radius 1 is 1.39 bits per heavy atom. The van der Waals surface area contributed by atoms with Gasteiger partial charge in [0.25, 0.3) is 0 Å². The standard InChI is InChI=1S/C17H28N4OS/c1-3-18-17(20-13-14(2)15-7-6-12-23-15)19-9-8-16(22)21-10-4-5-11-21/h6-7,12,14H,3-5,8-11,13H2,1-2H3,(H2,18,19,20). The highest BCUT2D eigenvalue weighted by Gasteiger charge is 2.17. The number of hydrogen-bond acceptors (Lipinski definition) is 3. The SMILES string of the molecule is CCNC(=NCC(C)c1cccs1)NCCC(=O)N1CCCC1. The molecule has 5 nitrogen and oxygen atoms in total. The fraction of sp³-hybridized carbons (Fsp3) is 0.647. The topological polar surface area (TPSA) is 56.7 Å². The normalized spacial score (nSPS) is 16.4. The molecular weight excluding hydrogens is 308 g/mol. The Balaban J connectivity index is 1.76. The lowest BCUT2D eigenvalue weighted by Crippen LogP contribution is -2.40. The van der Waals surface area contributed by atoms with Crippen molar-refractivity contribution in [3.8, 4) is 0 Å². The number of likely N-dealkylation sites (tertiary alicyclic amines) is 1. The molecule has 1 aromatic heterocycles. The molecule has 1 aromatic rings. The number of nitrogens with zero attached hydrogens (tertiary/aromatic N) is 2. The molecule has 1 unspecified atom stereocenters. The quantitative estimate of drug-likeness (QED) is 0.594. The van der Waals surface area contributed by atoms with Crippen LogP contribution in [0.5, 0.6) is 0 Å². The second-order valence-corrected chi connectivity index (χ2v) is 6.88. The van der Waals surface area contributed by atoms with Crippen LogP contribution >= 0.6 is 11.3 Å². The van der Waals surface area contributed by atoms with Crippen molar-refractivity contribution in [2.45, 2.75) is 39.0 Å². The van der Waals surface area contributed by atoms with Crippen LogP contribution in [-0.2, 0) is 4.79 Å². The van der Waals surface area contributed by atoms with Crippen LogP contribution in [0.15, 0.2) is 22.5 Å². The number of carbonyl (C=O) groups is 1. The summed E-state index contributed by atoms with van der Waals surface area (Å²) in [6.07, 6.45) is 2.82. The van der Waals surface area contributed by atoms with Crippen LogP contribution in [0.2, 0.25) is 0 Å². The number of aliphatic imine (C=N–C) groups is 1. The first-order valence-electron chi connectivity index (χ1n) is 8.54. The first kappa shape index (κ1) is 17.8. The minimum Gasteiger partial charge on any atom is -0.357 e. The summed E-state index contributed by atoms with van der Waals surface area (Å²) in [6.45, 7) is 8.28. The lowest BCUT2D eigenvalue weighted by atomic mass is 10.1. The van der Waals surface area contributed by atoms with Gasteiger partial charge in [-0.1, -0.05) is 13.0 Å². The third-order valence-electron chi connectivity index (χ3n) is 3.99. The first-order chi connectivity index (χ1) is 11.2. The summed E-state index contributed by atoms with van der Waals surface area (Å²) in [5.74, 6) is 1.46. The first-order valence-corrected chi connectivity index (χ1v) is 9.42. The summed E-state index contributed by atoms with van der Waals surface area (Å²) in [7, 11) is 0. The van der Waals surface area contributed by atoms with Crippen molar-refractivity contribution in [2.75, 3.05) is 32.7 Å². The van der Waals surface area contributed by atoms with Crippen molar-refractivity contribution >= 4 is 23.2 Å². The molecule has 1 aliphatic heterocycles. The van der Waals surface area contributed by atoms with Crippen molar-refractivity contribution in [2.24, 2.45) is 4.99 Å². The summed E-state index contributed by atoms with van der Waals surface area (Å²) >= 11 is 1.77. The molecule has 1 amide bonds. The van der Waals surface area contributed by atoms with Gasteiger partial charge in [0.1, 0.15) is 0 Å². The van der Waals surface area contributed by atoms with Crippen molar-refractivity contribution in [1.29, 1.82) is 0 Å². The van der Waals surface area contributed by atoms with Gasteiger partial charge in [0.2, 0.25) is 5.91 Å². The summed E-state index contributed by atoms with van der Waals surface area (Å²) in [5.41, 5.74) is 0. The van der Waals surface area contributed by atoms with E-state index in [1.165, 1.54) is 4.88 Å². The average Bonchev–Trinajstić information content (AvgIpc) is 3.24. The molecule has 1 fully saturated rings. The van der Waals surface area contributed by atoms with Crippen LogP contribution in [-0.4, -0.2) is 49.5 Å². The third-order valence-corrected chi connectivity index (χ3v) is 5.09. The Bertz CT molecular complexity index is 495. The summed E-state index contributed by atoms with van der Waals surface area (Å²) in [6, 6.07) is 4.23. The molecule has 0 aliphatic carbocycles. The number of nitrogens with one attached hydrogen (secondary N) is 2. The molecule has 6 heteroatoms. The van der Waals surface area contributed by atoms with Gasteiger partial charge >= 0.3 is 0 Å². The van der Waals surface area contributed by atoms with E-state index in [0.717, 1.165) is 45.0 Å². The largest absolute Gasteiger partial charge is 0.357 e. The van der Waals surface area contributed by atoms with Crippen LogP contribution in [0.4, 0.5) is 0 Å². The van der Waals surface area contributed by atoms with Gasteiger partial charge in [-0.25, -0.2) is 0 Å². The summed E-state index contributed by atoms with van der Waals surface area (Å²) < 4.78 is 0. The van der Waals surface area contributed by atoms with Gasteiger partial charge in [-0.3, -0.25) is 9.79 Å². The van der Waals surface area contributed by atoms with Gasteiger partial charge in [0, 0.05) is 43.4 Å². The van der Waals surface area contributed by atoms with Crippen LogP contribution < -0.4 is 10.6 Å². The number of thiophene rings is 1. The molecule has 23 heavy (non-hydrogen) atoms. The predicted octanol–water partition coefficient (Wildman–Crippen LogP) is 2.42. The number of carbonyl (C=O) groups excluding carboxylic acids is 1. The van der Waals surface area contributed by atoms with E-state index in [1.54, 1.807) is 11.3 Å². The lowest BCUT2D eigenvalue weighted by Gasteiger charge is -2.16. The van der Waals surface area contributed by atoms with E-state index >= 15 is 0 Å². The van der Waals surface area contributed by atoms with E-state index in [-0.39, 0.29) is 5.91 Å². The van der Waals surface area contributed by atoms with Gasteiger partial charge in [-0.15, -0.1) is 11.3 Å². The molecule has 2 heterocycles.